The Morgan fingerprint density at radius 2 is 1.88 bits per heavy atom. The van der Waals surface area contributed by atoms with Gasteiger partial charge in [0.1, 0.15) is 11.6 Å². The Morgan fingerprint density at radius 1 is 1.25 bits per heavy atom. The summed E-state index contributed by atoms with van der Waals surface area (Å²) in [6.07, 6.45) is 0.882. The summed E-state index contributed by atoms with van der Waals surface area (Å²) in [5.41, 5.74) is 0.801. The van der Waals surface area contributed by atoms with Crippen LogP contribution in [0, 0.1) is 18.6 Å². The molecule has 0 saturated heterocycles. The highest BCUT2D eigenvalue weighted by molar-refractivity contribution is 5.28. The van der Waals surface area contributed by atoms with E-state index in [9.17, 15) is 8.78 Å². The van der Waals surface area contributed by atoms with Gasteiger partial charge in [-0.3, -0.25) is 0 Å². The van der Waals surface area contributed by atoms with Gasteiger partial charge in [-0.15, -0.1) is 0 Å². The van der Waals surface area contributed by atoms with Gasteiger partial charge in [-0.1, -0.05) is 13.8 Å². The van der Waals surface area contributed by atoms with E-state index in [0.29, 0.717) is 11.1 Å². The van der Waals surface area contributed by atoms with Crippen LogP contribution in [0.4, 0.5) is 8.78 Å². The predicted octanol–water partition coefficient (Wildman–Crippen LogP) is 3.37. The SMILES string of the molecule is CCC(NC)C(C)c1cc(F)c(C)cc1F. The molecule has 0 heterocycles. The highest BCUT2D eigenvalue weighted by Crippen LogP contribution is 2.25. The lowest BCUT2D eigenvalue weighted by Gasteiger charge is -2.23. The van der Waals surface area contributed by atoms with E-state index in [4.69, 9.17) is 0 Å². The van der Waals surface area contributed by atoms with Crippen LogP contribution in [-0.2, 0) is 0 Å². The molecule has 90 valence electrons. The monoisotopic (exact) mass is 227 g/mol. The Bertz CT molecular complexity index is 359. The smallest absolute Gasteiger partial charge is 0.127 e. The Labute approximate surface area is 95.9 Å². The molecule has 0 aliphatic rings. The number of nitrogens with one attached hydrogen (secondary N) is 1. The second-order valence-corrected chi connectivity index (χ2v) is 4.21. The van der Waals surface area contributed by atoms with Crippen molar-refractivity contribution in [2.45, 2.75) is 39.2 Å². The second kappa shape index (κ2) is 5.39. The van der Waals surface area contributed by atoms with Crippen LogP contribution in [0.25, 0.3) is 0 Å². The van der Waals surface area contributed by atoms with E-state index < -0.39 is 0 Å². The maximum atomic E-state index is 13.7. The van der Waals surface area contributed by atoms with Crippen molar-refractivity contribution in [1.29, 1.82) is 0 Å². The first-order valence-electron chi connectivity index (χ1n) is 5.64. The Hall–Kier alpha value is -0.960. The summed E-state index contributed by atoms with van der Waals surface area (Å²) in [5.74, 6) is -0.695. The number of aryl methyl sites for hydroxylation is 1. The quantitative estimate of drug-likeness (QED) is 0.831. The van der Waals surface area contributed by atoms with Crippen LogP contribution < -0.4 is 5.32 Å². The lowest BCUT2D eigenvalue weighted by Crippen LogP contribution is -2.30. The molecule has 3 heteroatoms. The van der Waals surface area contributed by atoms with Gasteiger partial charge in [0.25, 0.3) is 0 Å². The van der Waals surface area contributed by atoms with E-state index in [0.717, 1.165) is 6.42 Å². The van der Waals surface area contributed by atoms with Gasteiger partial charge in [0, 0.05) is 6.04 Å². The zero-order valence-electron chi connectivity index (χ0n) is 10.3. The Morgan fingerprint density at radius 3 is 2.38 bits per heavy atom. The molecule has 0 aliphatic carbocycles. The summed E-state index contributed by atoms with van der Waals surface area (Å²) in [5, 5.41) is 3.12. The summed E-state index contributed by atoms with van der Waals surface area (Å²) in [6.45, 7) is 5.51. The van der Waals surface area contributed by atoms with Gasteiger partial charge in [0.15, 0.2) is 0 Å². The van der Waals surface area contributed by atoms with Crippen LogP contribution >= 0.6 is 0 Å². The third-order valence-corrected chi connectivity index (χ3v) is 3.18. The first-order chi connectivity index (χ1) is 7.51. The minimum Gasteiger partial charge on any atom is -0.316 e. The molecule has 2 unspecified atom stereocenters. The lowest BCUT2D eigenvalue weighted by atomic mass is 9.90. The molecule has 0 saturated carbocycles. The van der Waals surface area contributed by atoms with Crippen LogP contribution in [0.1, 0.15) is 37.3 Å². The molecule has 16 heavy (non-hydrogen) atoms. The van der Waals surface area contributed by atoms with E-state index >= 15 is 0 Å². The van der Waals surface area contributed by atoms with Gasteiger partial charge < -0.3 is 5.32 Å². The van der Waals surface area contributed by atoms with E-state index in [-0.39, 0.29) is 23.6 Å². The third-order valence-electron chi connectivity index (χ3n) is 3.18. The predicted molar refractivity (Wildman–Crippen MR) is 62.6 cm³/mol. The molecule has 0 amide bonds. The largest absolute Gasteiger partial charge is 0.316 e. The zero-order chi connectivity index (χ0) is 12.3. The molecule has 0 fully saturated rings. The molecule has 0 aliphatic heterocycles. The van der Waals surface area contributed by atoms with Crippen molar-refractivity contribution in [1.82, 2.24) is 5.32 Å². The summed E-state index contributed by atoms with van der Waals surface area (Å²) in [7, 11) is 1.84. The molecule has 1 nitrogen and oxygen atoms in total. The average molecular weight is 227 g/mol. The molecule has 1 aromatic carbocycles. The zero-order valence-corrected chi connectivity index (χ0v) is 10.3. The van der Waals surface area contributed by atoms with E-state index in [1.54, 1.807) is 6.92 Å². The number of hydrogen-bond acceptors (Lipinski definition) is 1. The highest BCUT2D eigenvalue weighted by Gasteiger charge is 2.20. The van der Waals surface area contributed by atoms with Crippen molar-refractivity contribution in [3.63, 3.8) is 0 Å². The van der Waals surface area contributed by atoms with E-state index in [2.05, 4.69) is 5.32 Å². The number of benzene rings is 1. The van der Waals surface area contributed by atoms with Crippen LogP contribution in [0.2, 0.25) is 0 Å². The molecule has 0 spiro atoms. The maximum absolute atomic E-state index is 13.7. The molecule has 1 aromatic rings. The van der Waals surface area contributed by atoms with Crippen LogP contribution in [-0.4, -0.2) is 13.1 Å². The minimum absolute atomic E-state index is 0.0369. The first kappa shape index (κ1) is 13.1. The van der Waals surface area contributed by atoms with E-state index in [1.165, 1.54) is 12.1 Å². The fraction of sp³-hybridized carbons (Fsp3) is 0.538. The number of likely N-dealkylation sites (N-methyl/N-ethyl adjacent to an activating group) is 1. The van der Waals surface area contributed by atoms with Crippen molar-refractivity contribution in [2.24, 2.45) is 0 Å². The fourth-order valence-corrected chi connectivity index (χ4v) is 2.04. The van der Waals surface area contributed by atoms with Crippen molar-refractivity contribution in [2.75, 3.05) is 7.05 Å². The Balaban J connectivity index is 3.07. The molecule has 2 atom stereocenters. The van der Waals surface area contributed by atoms with Crippen LogP contribution in [0.5, 0.6) is 0 Å². The normalized spacial score (nSPS) is 14.9. The van der Waals surface area contributed by atoms with Gasteiger partial charge >= 0.3 is 0 Å². The van der Waals surface area contributed by atoms with Crippen molar-refractivity contribution in [3.05, 3.63) is 34.9 Å². The molecule has 0 radical (unpaired) electrons. The summed E-state index contributed by atoms with van der Waals surface area (Å²) < 4.78 is 27.1. The maximum Gasteiger partial charge on any atom is 0.127 e. The van der Waals surface area contributed by atoms with E-state index in [1.807, 2.05) is 20.9 Å². The van der Waals surface area contributed by atoms with Crippen molar-refractivity contribution >= 4 is 0 Å². The number of halogens is 2. The standard InChI is InChI=1S/C13H19F2N/c1-5-13(16-4)9(3)10-7-11(14)8(2)6-12(10)15/h6-7,9,13,16H,5H2,1-4H3. The molecular formula is C13H19F2N. The van der Waals surface area contributed by atoms with Gasteiger partial charge in [-0.05, 0) is 49.6 Å². The average Bonchev–Trinajstić information content (AvgIpc) is 2.25. The molecule has 1 N–H and O–H groups in total. The fourth-order valence-electron chi connectivity index (χ4n) is 2.04. The second-order valence-electron chi connectivity index (χ2n) is 4.21. The van der Waals surface area contributed by atoms with Crippen molar-refractivity contribution in [3.8, 4) is 0 Å². The first-order valence-corrected chi connectivity index (χ1v) is 5.64. The third kappa shape index (κ3) is 2.59. The topological polar surface area (TPSA) is 12.0 Å². The van der Waals surface area contributed by atoms with Gasteiger partial charge in [0.2, 0.25) is 0 Å². The molecule has 0 bridgehead atoms. The molecule has 1 rings (SSSR count). The van der Waals surface area contributed by atoms with Gasteiger partial charge in [-0.2, -0.15) is 0 Å². The van der Waals surface area contributed by atoms with Crippen molar-refractivity contribution < 1.29 is 8.78 Å². The molecule has 0 aromatic heterocycles. The summed E-state index contributed by atoms with van der Waals surface area (Å²) in [4.78, 5) is 0. The van der Waals surface area contributed by atoms with Gasteiger partial charge in [-0.25, -0.2) is 8.78 Å². The minimum atomic E-state index is -0.339. The summed E-state index contributed by atoms with van der Waals surface area (Å²) in [6, 6.07) is 2.75. The number of hydrogen-bond donors (Lipinski definition) is 1. The highest BCUT2D eigenvalue weighted by atomic mass is 19.1. The van der Waals surface area contributed by atoms with Crippen LogP contribution in [0.15, 0.2) is 12.1 Å². The summed E-state index contributed by atoms with van der Waals surface area (Å²) >= 11 is 0. The Kier molecular flexibility index (Phi) is 4.42. The number of rotatable bonds is 4. The lowest BCUT2D eigenvalue weighted by molar-refractivity contribution is 0.453. The van der Waals surface area contributed by atoms with Gasteiger partial charge in [0.05, 0.1) is 0 Å². The molecular weight excluding hydrogens is 208 g/mol. The van der Waals surface area contributed by atoms with Crippen LogP contribution in [0.3, 0.4) is 0 Å².